The second kappa shape index (κ2) is 7.50. The summed E-state index contributed by atoms with van der Waals surface area (Å²) in [7, 11) is 1.65. The van der Waals surface area contributed by atoms with Gasteiger partial charge in [0, 0.05) is 18.9 Å². The van der Waals surface area contributed by atoms with Crippen LogP contribution < -0.4 is 11.1 Å². The Kier molecular flexibility index (Phi) is 4.96. The minimum Gasteiger partial charge on any atom is -0.382 e. The minimum absolute atomic E-state index is 0.0705. The van der Waals surface area contributed by atoms with Gasteiger partial charge in [-0.05, 0) is 17.7 Å². The zero-order valence-electron chi connectivity index (χ0n) is 13.6. The number of anilines is 2. The summed E-state index contributed by atoms with van der Waals surface area (Å²) < 4.78 is 5.09. The molecule has 25 heavy (non-hydrogen) atoms. The predicted octanol–water partition coefficient (Wildman–Crippen LogP) is 2.52. The lowest BCUT2D eigenvalue weighted by Crippen LogP contribution is -2.17. The summed E-state index contributed by atoms with van der Waals surface area (Å²) in [6, 6.07) is 11.1. The molecule has 0 bridgehead atoms. The molecule has 126 valence electrons. The summed E-state index contributed by atoms with van der Waals surface area (Å²) in [4.78, 5) is 24.8. The van der Waals surface area contributed by atoms with E-state index in [-0.39, 0.29) is 11.5 Å². The number of hydrogen-bond donors (Lipinski definition) is 2. The molecular formula is C18H17N5O2. The number of aromatic nitrogens is 3. The Balaban J connectivity index is 1.86. The number of pyridine rings is 1. The van der Waals surface area contributed by atoms with Crippen molar-refractivity contribution < 1.29 is 9.53 Å². The number of ether oxygens (including phenoxy) is 1. The van der Waals surface area contributed by atoms with E-state index >= 15 is 0 Å². The molecule has 0 aliphatic carbocycles. The van der Waals surface area contributed by atoms with Gasteiger partial charge in [-0.2, -0.15) is 0 Å². The second-order valence-corrected chi connectivity index (χ2v) is 5.31. The molecule has 0 unspecified atom stereocenters. The van der Waals surface area contributed by atoms with E-state index in [0.29, 0.717) is 18.0 Å². The average Bonchev–Trinajstić information content (AvgIpc) is 2.64. The highest BCUT2D eigenvalue weighted by Gasteiger charge is 2.15. The monoisotopic (exact) mass is 335 g/mol. The van der Waals surface area contributed by atoms with Gasteiger partial charge >= 0.3 is 0 Å². The van der Waals surface area contributed by atoms with Gasteiger partial charge in [0.25, 0.3) is 5.91 Å². The van der Waals surface area contributed by atoms with Crippen LogP contribution in [0.25, 0.3) is 11.3 Å². The fourth-order valence-electron chi connectivity index (χ4n) is 2.27. The third kappa shape index (κ3) is 3.96. The van der Waals surface area contributed by atoms with Crippen LogP contribution >= 0.6 is 0 Å². The van der Waals surface area contributed by atoms with Gasteiger partial charge in [0.2, 0.25) is 0 Å². The summed E-state index contributed by atoms with van der Waals surface area (Å²) >= 11 is 0. The van der Waals surface area contributed by atoms with Crippen molar-refractivity contribution in [2.24, 2.45) is 0 Å². The summed E-state index contributed by atoms with van der Waals surface area (Å²) in [5.74, 6) is -0.364. The Labute approximate surface area is 144 Å². The lowest BCUT2D eigenvalue weighted by Gasteiger charge is -2.08. The Morgan fingerprint density at radius 1 is 1.20 bits per heavy atom. The number of hydrogen-bond acceptors (Lipinski definition) is 6. The molecular weight excluding hydrogens is 318 g/mol. The summed E-state index contributed by atoms with van der Waals surface area (Å²) in [5, 5.41) is 2.70. The third-order valence-electron chi connectivity index (χ3n) is 3.50. The molecule has 2 aromatic heterocycles. The van der Waals surface area contributed by atoms with Crippen LogP contribution in [0.5, 0.6) is 0 Å². The van der Waals surface area contributed by atoms with E-state index in [0.717, 1.165) is 11.1 Å². The number of benzene rings is 1. The van der Waals surface area contributed by atoms with Gasteiger partial charge in [0.15, 0.2) is 11.5 Å². The molecule has 1 aromatic carbocycles. The van der Waals surface area contributed by atoms with Gasteiger partial charge in [0.05, 0.1) is 30.4 Å². The number of carbonyl (C=O) groups is 1. The highest BCUT2D eigenvalue weighted by atomic mass is 16.5. The van der Waals surface area contributed by atoms with Crippen molar-refractivity contribution in [2.75, 3.05) is 18.2 Å². The van der Waals surface area contributed by atoms with E-state index in [9.17, 15) is 4.79 Å². The standard InChI is InChI=1S/C18H17N5O2/c1-25-11-12-4-6-13(7-5-12)15-10-21-17(19)16(23-15)18(24)22-14-3-2-8-20-9-14/h2-10H,11H2,1H3,(H2,19,21)(H,22,24). The average molecular weight is 335 g/mol. The molecule has 0 fully saturated rings. The van der Waals surface area contributed by atoms with Crippen LogP contribution in [0.3, 0.4) is 0 Å². The van der Waals surface area contributed by atoms with Crippen LogP contribution in [0.1, 0.15) is 16.1 Å². The highest BCUT2D eigenvalue weighted by molar-refractivity contribution is 6.05. The van der Waals surface area contributed by atoms with Crippen molar-refractivity contribution in [3.05, 3.63) is 66.2 Å². The number of amides is 1. The first-order valence-corrected chi connectivity index (χ1v) is 7.59. The SMILES string of the molecule is COCc1ccc(-c2cnc(N)c(C(=O)Nc3cccnc3)n2)cc1. The van der Waals surface area contributed by atoms with Crippen LogP contribution in [-0.4, -0.2) is 28.0 Å². The molecule has 0 saturated heterocycles. The number of carbonyl (C=O) groups excluding carboxylic acids is 1. The Morgan fingerprint density at radius 3 is 2.68 bits per heavy atom. The van der Waals surface area contributed by atoms with E-state index in [2.05, 4.69) is 20.3 Å². The molecule has 3 aromatic rings. The minimum atomic E-state index is -0.434. The zero-order chi connectivity index (χ0) is 17.6. The maximum Gasteiger partial charge on any atom is 0.278 e. The second-order valence-electron chi connectivity index (χ2n) is 5.31. The van der Waals surface area contributed by atoms with Gasteiger partial charge in [-0.15, -0.1) is 0 Å². The molecule has 0 aliphatic rings. The van der Waals surface area contributed by atoms with Crippen molar-refractivity contribution in [3.63, 3.8) is 0 Å². The first-order chi connectivity index (χ1) is 12.2. The molecule has 2 heterocycles. The molecule has 3 N–H and O–H groups in total. The Hall–Kier alpha value is -3.32. The Bertz CT molecular complexity index is 866. The first-order valence-electron chi connectivity index (χ1n) is 7.59. The highest BCUT2D eigenvalue weighted by Crippen LogP contribution is 2.20. The van der Waals surface area contributed by atoms with Crippen LogP contribution in [0.2, 0.25) is 0 Å². The molecule has 0 aliphatic heterocycles. The van der Waals surface area contributed by atoms with E-state index < -0.39 is 5.91 Å². The van der Waals surface area contributed by atoms with Gasteiger partial charge < -0.3 is 15.8 Å². The van der Waals surface area contributed by atoms with Crippen LogP contribution in [0.15, 0.2) is 55.0 Å². The number of nitrogen functional groups attached to an aromatic ring is 1. The number of methoxy groups -OCH3 is 1. The third-order valence-corrected chi connectivity index (χ3v) is 3.50. The van der Waals surface area contributed by atoms with Crippen molar-refractivity contribution in [2.45, 2.75) is 6.61 Å². The molecule has 0 saturated carbocycles. The largest absolute Gasteiger partial charge is 0.382 e. The fraction of sp³-hybridized carbons (Fsp3) is 0.111. The van der Waals surface area contributed by atoms with Gasteiger partial charge in [-0.1, -0.05) is 24.3 Å². The molecule has 0 spiro atoms. The lowest BCUT2D eigenvalue weighted by molar-refractivity contribution is 0.102. The maximum absolute atomic E-state index is 12.4. The van der Waals surface area contributed by atoms with Crippen LogP contribution in [-0.2, 0) is 11.3 Å². The normalized spacial score (nSPS) is 10.4. The Morgan fingerprint density at radius 2 is 2.00 bits per heavy atom. The smallest absolute Gasteiger partial charge is 0.278 e. The first kappa shape index (κ1) is 16.5. The van der Waals surface area contributed by atoms with Gasteiger partial charge in [-0.25, -0.2) is 9.97 Å². The maximum atomic E-state index is 12.4. The number of rotatable bonds is 5. The molecule has 3 rings (SSSR count). The van der Waals surface area contributed by atoms with Crippen molar-refractivity contribution in [3.8, 4) is 11.3 Å². The number of nitrogens with two attached hydrogens (primary N) is 1. The topological polar surface area (TPSA) is 103 Å². The van der Waals surface area contributed by atoms with E-state index in [1.54, 1.807) is 37.8 Å². The van der Waals surface area contributed by atoms with Gasteiger partial charge in [-0.3, -0.25) is 9.78 Å². The lowest BCUT2D eigenvalue weighted by atomic mass is 10.1. The van der Waals surface area contributed by atoms with Crippen molar-refractivity contribution in [1.29, 1.82) is 0 Å². The molecule has 7 nitrogen and oxygen atoms in total. The van der Waals surface area contributed by atoms with Crippen molar-refractivity contribution in [1.82, 2.24) is 15.0 Å². The van der Waals surface area contributed by atoms with Crippen molar-refractivity contribution >= 4 is 17.4 Å². The van der Waals surface area contributed by atoms with E-state index in [1.807, 2.05) is 24.3 Å². The molecule has 0 radical (unpaired) electrons. The number of nitrogens with one attached hydrogen (secondary N) is 1. The predicted molar refractivity (Wildman–Crippen MR) is 94.8 cm³/mol. The summed E-state index contributed by atoms with van der Waals surface area (Å²) in [6.45, 7) is 0.534. The van der Waals surface area contributed by atoms with E-state index in [4.69, 9.17) is 10.5 Å². The van der Waals surface area contributed by atoms with Gasteiger partial charge in [0.1, 0.15) is 0 Å². The van der Waals surface area contributed by atoms with Crippen LogP contribution in [0, 0.1) is 0 Å². The molecule has 1 amide bonds. The number of nitrogens with zero attached hydrogens (tertiary/aromatic N) is 3. The molecule has 7 heteroatoms. The van der Waals surface area contributed by atoms with Crippen LogP contribution in [0.4, 0.5) is 11.5 Å². The van der Waals surface area contributed by atoms with E-state index in [1.165, 1.54) is 0 Å². The summed E-state index contributed by atoms with van der Waals surface area (Å²) in [6.07, 6.45) is 4.71. The molecule has 0 atom stereocenters. The summed E-state index contributed by atoms with van der Waals surface area (Å²) in [5.41, 5.74) is 8.89. The quantitative estimate of drug-likeness (QED) is 0.742. The zero-order valence-corrected chi connectivity index (χ0v) is 13.6. The fourth-order valence-corrected chi connectivity index (χ4v) is 2.27.